The van der Waals surface area contributed by atoms with E-state index < -0.39 is 38.1 Å². The molecule has 23 heavy (non-hydrogen) atoms. The summed E-state index contributed by atoms with van der Waals surface area (Å²) in [6.07, 6.45) is -1.28. The number of aliphatic carboxylic acids is 2. The van der Waals surface area contributed by atoms with Gasteiger partial charge in [-0.25, -0.2) is 0 Å². The summed E-state index contributed by atoms with van der Waals surface area (Å²) in [6.45, 7) is 0. The fourth-order valence-corrected chi connectivity index (χ4v) is 4.36. The van der Waals surface area contributed by atoms with Gasteiger partial charge < -0.3 is 15.1 Å². The first-order valence-electron chi connectivity index (χ1n) is 7.03. The first kappa shape index (κ1) is 17.2. The third-order valence-corrected chi connectivity index (χ3v) is 5.67. The zero-order valence-electron chi connectivity index (χ0n) is 12.3. The molecule has 0 fully saturated rings. The van der Waals surface area contributed by atoms with Crippen molar-refractivity contribution in [3.05, 3.63) is 42.5 Å². The summed E-state index contributed by atoms with van der Waals surface area (Å²) >= 11 is 0. The zero-order chi connectivity index (χ0) is 17.0. The van der Waals surface area contributed by atoms with Crippen molar-refractivity contribution in [3.63, 3.8) is 0 Å². The number of hydrogen-bond acceptors (Lipinski definition) is 3. The number of carboxylic acids is 2. The molecule has 2 rings (SSSR count). The molecule has 6 nitrogen and oxygen atoms in total. The Morgan fingerprint density at radius 2 is 1.52 bits per heavy atom. The van der Waals surface area contributed by atoms with Gasteiger partial charge in [0.2, 0.25) is 7.37 Å². The Labute approximate surface area is 132 Å². The Hall–Kier alpha value is -2.17. The minimum absolute atomic E-state index is 0.206. The minimum Gasteiger partial charge on any atom is -0.481 e. The van der Waals surface area contributed by atoms with Crippen LogP contribution in [0.5, 0.6) is 0 Å². The van der Waals surface area contributed by atoms with Gasteiger partial charge in [-0.1, -0.05) is 30.3 Å². The SMILES string of the molecule is O=C(O)CC(CC(=O)O)CP(=O)(O)c1ccc2ccccc2c1. The predicted octanol–water partition coefficient (Wildman–Crippen LogP) is 2.30. The van der Waals surface area contributed by atoms with Gasteiger partial charge in [-0.2, -0.15) is 0 Å². The van der Waals surface area contributed by atoms with Gasteiger partial charge in [0.25, 0.3) is 0 Å². The summed E-state index contributed by atoms with van der Waals surface area (Å²) in [4.78, 5) is 32.0. The second-order valence-electron chi connectivity index (χ2n) is 5.48. The molecule has 0 aliphatic heterocycles. The lowest BCUT2D eigenvalue weighted by molar-refractivity contribution is -0.140. The summed E-state index contributed by atoms with van der Waals surface area (Å²) in [5.41, 5.74) is 0. The van der Waals surface area contributed by atoms with Crippen LogP contribution in [0.25, 0.3) is 10.8 Å². The molecule has 0 amide bonds. The van der Waals surface area contributed by atoms with Crippen LogP contribution >= 0.6 is 7.37 Å². The van der Waals surface area contributed by atoms with E-state index in [1.54, 1.807) is 12.1 Å². The van der Waals surface area contributed by atoms with Crippen molar-refractivity contribution in [2.45, 2.75) is 12.8 Å². The van der Waals surface area contributed by atoms with E-state index in [0.29, 0.717) is 0 Å². The highest BCUT2D eigenvalue weighted by Gasteiger charge is 2.29. The minimum atomic E-state index is -3.84. The first-order valence-corrected chi connectivity index (χ1v) is 8.87. The molecule has 0 aromatic heterocycles. The molecule has 0 spiro atoms. The lowest BCUT2D eigenvalue weighted by atomic mass is 10.0. The van der Waals surface area contributed by atoms with Crippen LogP contribution in [0.15, 0.2) is 42.5 Å². The number of carbonyl (C=O) groups is 2. The molecule has 0 heterocycles. The quantitative estimate of drug-likeness (QED) is 0.669. The van der Waals surface area contributed by atoms with E-state index >= 15 is 0 Å². The summed E-state index contributed by atoms with van der Waals surface area (Å²) in [7, 11) is -3.84. The highest BCUT2D eigenvalue weighted by atomic mass is 31.2. The van der Waals surface area contributed by atoms with Crippen molar-refractivity contribution in [1.82, 2.24) is 0 Å². The van der Waals surface area contributed by atoms with Gasteiger partial charge in [-0.3, -0.25) is 14.2 Å². The van der Waals surface area contributed by atoms with Crippen LogP contribution in [0.1, 0.15) is 12.8 Å². The van der Waals surface area contributed by atoms with E-state index in [9.17, 15) is 19.0 Å². The van der Waals surface area contributed by atoms with Crippen LogP contribution in [0.4, 0.5) is 0 Å². The van der Waals surface area contributed by atoms with Gasteiger partial charge in [-0.05, 0) is 28.8 Å². The number of benzene rings is 2. The number of fused-ring (bicyclic) bond motifs is 1. The summed E-state index contributed by atoms with van der Waals surface area (Å²) in [5.74, 6) is -3.27. The molecule has 0 aliphatic rings. The standard InChI is InChI=1S/C16H17O6P/c17-15(18)7-11(8-16(19)20)10-23(21,22)14-6-5-12-3-1-2-4-13(12)9-14/h1-6,9,11H,7-8,10H2,(H,17,18)(H,19,20)(H,21,22). The molecule has 0 saturated carbocycles. The van der Waals surface area contributed by atoms with E-state index in [1.165, 1.54) is 6.07 Å². The fourth-order valence-electron chi connectivity index (χ4n) is 2.54. The van der Waals surface area contributed by atoms with Crippen molar-refractivity contribution in [2.75, 3.05) is 6.16 Å². The summed E-state index contributed by atoms with van der Waals surface area (Å²) in [5, 5.41) is 19.6. The molecule has 7 heteroatoms. The largest absolute Gasteiger partial charge is 0.481 e. The van der Waals surface area contributed by atoms with Crippen molar-refractivity contribution in [3.8, 4) is 0 Å². The van der Waals surface area contributed by atoms with Gasteiger partial charge in [0, 0.05) is 24.3 Å². The lowest BCUT2D eigenvalue weighted by Crippen LogP contribution is -2.19. The van der Waals surface area contributed by atoms with Gasteiger partial charge in [-0.15, -0.1) is 0 Å². The predicted molar refractivity (Wildman–Crippen MR) is 86.3 cm³/mol. The highest BCUT2D eigenvalue weighted by Crippen LogP contribution is 2.43. The maximum absolute atomic E-state index is 12.6. The maximum Gasteiger partial charge on any atom is 0.303 e. The normalized spacial score (nSPS) is 13.8. The lowest BCUT2D eigenvalue weighted by Gasteiger charge is -2.18. The number of rotatable bonds is 7. The van der Waals surface area contributed by atoms with Crippen LogP contribution in [-0.4, -0.2) is 33.2 Å². The van der Waals surface area contributed by atoms with Crippen LogP contribution < -0.4 is 5.30 Å². The van der Waals surface area contributed by atoms with Gasteiger partial charge in [0.15, 0.2) is 0 Å². The molecule has 0 saturated heterocycles. The van der Waals surface area contributed by atoms with Crippen molar-refractivity contribution in [1.29, 1.82) is 0 Å². The molecule has 2 aromatic rings. The Kier molecular flexibility index (Phi) is 5.19. The fraction of sp³-hybridized carbons (Fsp3) is 0.250. The van der Waals surface area contributed by atoms with Crippen LogP contribution in [0.3, 0.4) is 0 Å². The third-order valence-electron chi connectivity index (χ3n) is 3.57. The second kappa shape index (κ2) is 6.94. The zero-order valence-corrected chi connectivity index (χ0v) is 13.1. The first-order chi connectivity index (χ1) is 10.8. The molecule has 0 aliphatic carbocycles. The average molecular weight is 336 g/mol. The molecule has 2 aromatic carbocycles. The third kappa shape index (κ3) is 4.65. The Morgan fingerprint density at radius 3 is 2.09 bits per heavy atom. The average Bonchev–Trinajstić information content (AvgIpc) is 2.44. The summed E-state index contributed by atoms with van der Waals surface area (Å²) in [6, 6.07) is 12.2. The topological polar surface area (TPSA) is 112 Å². The molecule has 3 N–H and O–H groups in total. The van der Waals surface area contributed by atoms with Gasteiger partial charge >= 0.3 is 11.9 Å². The Morgan fingerprint density at radius 1 is 0.957 bits per heavy atom. The second-order valence-corrected chi connectivity index (χ2v) is 7.76. The Bertz CT molecular complexity index is 769. The smallest absolute Gasteiger partial charge is 0.303 e. The van der Waals surface area contributed by atoms with E-state index in [-0.39, 0.29) is 11.5 Å². The summed E-state index contributed by atoms with van der Waals surface area (Å²) < 4.78 is 12.6. The van der Waals surface area contributed by atoms with Crippen molar-refractivity contribution < 1.29 is 29.3 Å². The molecule has 122 valence electrons. The van der Waals surface area contributed by atoms with E-state index in [4.69, 9.17) is 10.2 Å². The van der Waals surface area contributed by atoms with E-state index in [1.807, 2.05) is 24.3 Å². The molecular formula is C16H17O6P. The number of hydrogen-bond donors (Lipinski definition) is 3. The monoisotopic (exact) mass is 336 g/mol. The van der Waals surface area contributed by atoms with E-state index in [0.717, 1.165) is 10.8 Å². The molecule has 0 bridgehead atoms. The van der Waals surface area contributed by atoms with Gasteiger partial charge in [0.1, 0.15) is 0 Å². The molecular weight excluding hydrogens is 319 g/mol. The van der Waals surface area contributed by atoms with E-state index in [2.05, 4.69) is 0 Å². The van der Waals surface area contributed by atoms with Crippen LogP contribution in [-0.2, 0) is 14.2 Å². The van der Waals surface area contributed by atoms with Crippen LogP contribution in [0, 0.1) is 5.92 Å². The molecule has 1 unspecified atom stereocenters. The number of carboxylic acid groups (broad SMARTS) is 2. The van der Waals surface area contributed by atoms with Crippen LogP contribution in [0.2, 0.25) is 0 Å². The Balaban J connectivity index is 2.28. The molecule has 0 radical (unpaired) electrons. The maximum atomic E-state index is 12.6. The van der Waals surface area contributed by atoms with Crippen molar-refractivity contribution >= 4 is 35.4 Å². The highest BCUT2D eigenvalue weighted by molar-refractivity contribution is 7.66. The van der Waals surface area contributed by atoms with Crippen molar-refractivity contribution in [2.24, 2.45) is 5.92 Å². The van der Waals surface area contributed by atoms with Gasteiger partial charge in [0.05, 0.1) is 0 Å². The molecule has 1 atom stereocenters.